The van der Waals surface area contributed by atoms with Crippen LogP contribution < -0.4 is 10.2 Å². The van der Waals surface area contributed by atoms with Crippen molar-refractivity contribution in [2.24, 2.45) is 5.92 Å². The summed E-state index contributed by atoms with van der Waals surface area (Å²) in [6.45, 7) is 4.98. The molecule has 57 heavy (non-hydrogen) atoms. The van der Waals surface area contributed by atoms with Gasteiger partial charge in [-0.15, -0.1) is 0 Å². The van der Waals surface area contributed by atoms with E-state index in [0.29, 0.717) is 49.1 Å². The highest BCUT2D eigenvalue weighted by Gasteiger charge is 2.46. The summed E-state index contributed by atoms with van der Waals surface area (Å²) in [4.78, 5) is 56.5. The van der Waals surface area contributed by atoms with Gasteiger partial charge in [0.15, 0.2) is 5.79 Å². The fraction of sp³-hybridized carbons (Fsp3) is 0.391. The Balaban J connectivity index is 0.740. The van der Waals surface area contributed by atoms with Crippen LogP contribution in [0.15, 0.2) is 84.9 Å². The van der Waals surface area contributed by atoms with Gasteiger partial charge in [0.1, 0.15) is 11.8 Å². The number of aryl methyl sites for hydroxylation is 1. The van der Waals surface area contributed by atoms with Gasteiger partial charge in [-0.2, -0.15) is 0 Å². The zero-order valence-corrected chi connectivity index (χ0v) is 31.8. The number of anilines is 1. The lowest BCUT2D eigenvalue weighted by Gasteiger charge is -2.46. The van der Waals surface area contributed by atoms with Gasteiger partial charge in [0, 0.05) is 69.5 Å². The van der Waals surface area contributed by atoms with Crippen LogP contribution in [0.5, 0.6) is 5.75 Å². The smallest absolute Gasteiger partial charge is 0.262 e. The summed E-state index contributed by atoms with van der Waals surface area (Å²) >= 11 is 0. The molecular formula is C46H46N4O7. The lowest BCUT2D eigenvalue weighted by atomic mass is 9.69. The average molecular weight is 767 g/mol. The fourth-order valence-corrected chi connectivity index (χ4v) is 10.2. The molecule has 1 aliphatic carbocycles. The van der Waals surface area contributed by atoms with Crippen LogP contribution in [0.25, 0.3) is 0 Å². The molecule has 4 aromatic carbocycles. The van der Waals surface area contributed by atoms with Crippen LogP contribution in [0.1, 0.15) is 98.0 Å². The van der Waals surface area contributed by atoms with Crippen molar-refractivity contribution in [3.05, 3.63) is 129 Å². The van der Waals surface area contributed by atoms with E-state index in [0.717, 1.165) is 61.3 Å². The normalized spacial score (nSPS) is 24.7. The van der Waals surface area contributed by atoms with Gasteiger partial charge in [0.05, 0.1) is 24.3 Å². The maximum Gasteiger partial charge on any atom is 0.262 e. The molecule has 0 bridgehead atoms. The summed E-state index contributed by atoms with van der Waals surface area (Å²) in [7, 11) is 0. The molecule has 0 aromatic heterocycles. The van der Waals surface area contributed by atoms with Crippen molar-refractivity contribution in [2.75, 3.05) is 37.7 Å². The zero-order valence-electron chi connectivity index (χ0n) is 31.8. The Kier molecular flexibility index (Phi) is 8.99. The molecule has 3 fully saturated rings. The van der Waals surface area contributed by atoms with Crippen LogP contribution >= 0.6 is 0 Å². The van der Waals surface area contributed by atoms with E-state index in [-0.39, 0.29) is 30.6 Å². The molecule has 10 rings (SSSR count). The van der Waals surface area contributed by atoms with Gasteiger partial charge in [-0.05, 0) is 95.0 Å². The van der Waals surface area contributed by atoms with Crippen molar-refractivity contribution in [3.8, 4) is 5.75 Å². The van der Waals surface area contributed by atoms with Crippen LogP contribution in [0.3, 0.4) is 0 Å². The van der Waals surface area contributed by atoms with Gasteiger partial charge in [-0.1, -0.05) is 48.5 Å². The van der Waals surface area contributed by atoms with E-state index < -0.39 is 29.6 Å². The second-order valence-corrected chi connectivity index (χ2v) is 16.7. The number of hydrogen-bond donors (Lipinski definition) is 2. The molecule has 11 nitrogen and oxygen atoms in total. The topological polar surface area (TPSA) is 129 Å². The summed E-state index contributed by atoms with van der Waals surface area (Å²) in [5.74, 6) is -1.40. The van der Waals surface area contributed by atoms with E-state index in [1.165, 1.54) is 27.9 Å². The summed E-state index contributed by atoms with van der Waals surface area (Å²) in [5.41, 5.74) is 9.05. The molecule has 292 valence electrons. The maximum atomic E-state index is 13.3. The van der Waals surface area contributed by atoms with Crippen LogP contribution in [0.2, 0.25) is 0 Å². The molecule has 3 saturated heterocycles. The number of hydrogen-bond acceptors (Lipinski definition) is 9. The number of aromatic hydroxyl groups is 1. The number of nitrogens with zero attached hydrogens (tertiary/aromatic N) is 3. The summed E-state index contributed by atoms with van der Waals surface area (Å²) in [5, 5.41) is 12.5. The number of carbonyl (C=O) groups is 4. The molecule has 3 atom stereocenters. The zero-order chi connectivity index (χ0) is 38.8. The molecule has 5 heterocycles. The second kappa shape index (κ2) is 14.2. The van der Waals surface area contributed by atoms with Gasteiger partial charge in [0.2, 0.25) is 11.8 Å². The van der Waals surface area contributed by atoms with Crippen molar-refractivity contribution >= 4 is 29.3 Å². The first-order chi connectivity index (χ1) is 27.7. The Labute approximate surface area is 331 Å². The molecule has 0 saturated carbocycles. The van der Waals surface area contributed by atoms with Crippen LogP contribution in [-0.4, -0.2) is 83.2 Å². The van der Waals surface area contributed by atoms with E-state index in [1.807, 2.05) is 24.3 Å². The minimum absolute atomic E-state index is 0.0970. The van der Waals surface area contributed by atoms with Crippen LogP contribution in [-0.2, 0) is 38.6 Å². The monoisotopic (exact) mass is 766 g/mol. The van der Waals surface area contributed by atoms with Crippen molar-refractivity contribution < 1.29 is 33.8 Å². The Morgan fingerprint density at radius 2 is 1.42 bits per heavy atom. The average Bonchev–Trinajstić information content (AvgIpc) is 3.73. The van der Waals surface area contributed by atoms with Crippen molar-refractivity contribution in [1.29, 1.82) is 0 Å². The number of phenols is 1. The SMILES string of the molecule is O=C1CCC(N2C(=O)c3cc4c(cc3C2=O)CN(CC2COC3(CCN(c5ccc([C@@H]6c7ccc(O)cc7CC[C@@H]6c6ccccc6)cc5)CC3)OC2)C4)C(=O)N1. The number of carbonyl (C=O) groups excluding carboxylic acids is 4. The molecule has 1 unspecified atom stereocenters. The number of imide groups is 2. The summed E-state index contributed by atoms with van der Waals surface area (Å²) < 4.78 is 13.0. The molecule has 4 amide bonds. The Morgan fingerprint density at radius 1 is 0.737 bits per heavy atom. The Bertz CT molecular complexity index is 2210. The van der Waals surface area contributed by atoms with E-state index >= 15 is 0 Å². The van der Waals surface area contributed by atoms with Crippen molar-refractivity contribution in [3.63, 3.8) is 0 Å². The second-order valence-electron chi connectivity index (χ2n) is 16.7. The third kappa shape index (κ3) is 6.51. The lowest BCUT2D eigenvalue weighted by Crippen LogP contribution is -2.54. The molecule has 4 aromatic rings. The maximum absolute atomic E-state index is 13.3. The van der Waals surface area contributed by atoms with Crippen molar-refractivity contribution in [1.82, 2.24) is 15.1 Å². The van der Waals surface area contributed by atoms with E-state index in [4.69, 9.17) is 9.47 Å². The molecule has 11 heteroatoms. The minimum atomic E-state index is -0.966. The molecule has 2 N–H and O–H groups in total. The number of amides is 4. The Hall–Kier alpha value is -5.36. The lowest BCUT2D eigenvalue weighted by molar-refractivity contribution is -0.291. The van der Waals surface area contributed by atoms with Gasteiger partial charge in [0.25, 0.3) is 11.8 Å². The van der Waals surface area contributed by atoms with Gasteiger partial charge in [-0.3, -0.25) is 34.3 Å². The van der Waals surface area contributed by atoms with Crippen LogP contribution in [0, 0.1) is 5.92 Å². The first-order valence-corrected chi connectivity index (χ1v) is 20.3. The van der Waals surface area contributed by atoms with Gasteiger partial charge >= 0.3 is 0 Å². The van der Waals surface area contributed by atoms with Gasteiger partial charge < -0.3 is 19.5 Å². The minimum Gasteiger partial charge on any atom is -0.508 e. The third-order valence-electron chi connectivity index (χ3n) is 13.2. The van der Waals surface area contributed by atoms with E-state index in [2.05, 4.69) is 75.8 Å². The summed E-state index contributed by atoms with van der Waals surface area (Å²) in [6, 6.07) is 28.4. The van der Waals surface area contributed by atoms with E-state index in [1.54, 1.807) is 0 Å². The molecule has 6 aliphatic rings. The number of fused-ring (bicyclic) bond motifs is 3. The number of piperidine rings is 2. The highest BCUT2D eigenvalue weighted by molar-refractivity contribution is 6.23. The van der Waals surface area contributed by atoms with Crippen molar-refractivity contribution in [2.45, 2.75) is 75.3 Å². The molecular weight excluding hydrogens is 721 g/mol. The number of benzene rings is 4. The van der Waals surface area contributed by atoms with Crippen LogP contribution in [0.4, 0.5) is 5.69 Å². The summed E-state index contributed by atoms with van der Waals surface area (Å²) in [6.07, 6.45) is 3.80. The standard InChI is InChI=1S/C46H46N4O7/c51-35-11-13-37-31(20-35)8-12-36(29-4-2-1-3-5-29)42(37)30-6-9-34(10-7-30)49-18-16-46(17-19-49)56-26-28(27-57-46)23-48-24-32-21-38-39(22-33(32)25-48)45(55)50(44(38)54)40-14-15-41(52)47-43(40)53/h1-7,9-11,13,20-22,28,36,40,42,51H,8,12,14-19,23-27H2,(H,47,52,53)/t36-,40?,42+/m1/s1. The third-order valence-corrected chi connectivity index (χ3v) is 13.2. The van der Waals surface area contributed by atoms with Gasteiger partial charge in [-0.25, -0.2) is 0 Å². The number of ether oxygens (including phenoxy) is 2. The molecule has 0 radical (unpaired) electrons. The highest BCUT2D eigenvalue weighted by atomic mass is 16.7. The first kappa shape index (κ1) is 36.0. The Morgan fingerprint density at radius 3 is 2.09 bits per heavy atom. The predicted molar refractivity (Wildman–Crippen MR) is 211 cm³/mol. The number of rotatable bonds is 6. The highest BCUT2D eigenvalue weighted by Crippen LogP contribution is 2.47. The number of nitrogens with one attached hydrogen (secondary N) is 1. The first-order valence-electron chi connectivity index (χ1n) is 20.3. The number of phenolic OH excluding ortho intramolecular Hbond substituents is 1. The quantitative estimate of drug-likeness (QED) is 0.240. The molecule has 5 aliphatic heterocycles. The fourth-order valence-electron chi connectivity index (χ4n) is 10.2. The molecule has 1 spiro atoms. The largest absolute Gasteiger partial charge is 0.508 e. The predicted octanol–water partition coefficient (Wildman–Crippen LogP) is 5.63. The van der Waals surface area contributed by atoms with E-state index in [9.17, 15) is 24.3 Å².